The molecule has 1 saturated heterocycles. The lowest BCUT2D eigenvalue weighted by molar-refractivity contribution is -0.114. The fourth-order valence-electron chi connectivity index (χ4n) is 4.53. The second-order valence-corrected chi connectivity index (χ2v) is 8.70. The van der Waals surface area contributed by atoms with E-state index in [-0.39, 0.29) is 18.0 Å². The molecule has 0 aliphatic carbocycles. The molecule has 2 N–H and O–H groups in total. The normalized spacial score (nSPS) is 17.5. The third-order valence-corrected chi connectivity index (χ3v) is 6.34. The Hall–Kier alpha value is -3.97. The lowest BCUT2D eigenvalue weighted by atomic mass is 10.0. The van der Waals surface area contributed by atoms with Gasteiger partial charge < -0.3 is 20.1 Å². The van der Waals surface area contributed by atoms with Gasteiger partial charge in [0.25, 0.3) is 0 Å². The minimum absolute atomic E-state index is 0.102. The number of carbonyl (C=O) groups is 1. The maximum Gasteiger partial charge on any atom is 0.221 e. The number of hydrogen-bond acceptors (Lipinski definition) is 3. The molecule has 7 heteroatoms. The van der Waals surface area contributed by atoms with E-state index in [4.69, 9.17) is 12.2 Å². The summed E-state index contributed by atoms with van der Waals surface area (Å²) in [5, 5.41) is 6.96. The van der Waals surface area contributed by atoms with Crippen LogP contribution in [0.2, 0.25) is 0 Å². The Labute approximate surface area is 204 Å². The molecule has 4 aromatic rings. The van der Waals surface area contributed by atoms with E-state index >= 15 is 0 Å². The SMILES string of the molecule is CC(=O)Nc1ccc(N2C(=S)NC(c3ccccn3)C2c2cccn2-c2ccccc2C)cc1. The number of aromatic nitrogens is 2. The standard InChI is InChI=1S/C27H25N5OS/c1-18-8-3-4-10-23(18)31-17-7-11-24(31)26-25(22-9-5-6-16-28-22)30-27(34)32(26)21-14-12-20(13-15-21)29-19(2)33/h3-17,25-26H,1-2H3,(H,29,33)(H,30,34). The van der Waals surface area contributed by atoms with Crippen LogP contribution in [-0.4, -0.2) is 20.6 Å². The van der Waals surface area contributed by atoms with Gasteiger partial charge in [0.1, 0.15) is 6.04 Å². The third-order valence-electron chi connectivity index (χ3n) is 6.02. The molecule has 0 saturated carbocycles. The molecule has 6 nitrogen and oxygen atoms in total. The summed E-state index contributed by atoms with van der Waals surface area (Å²) < 4.78 is 2.23. The number of benzene rings is 2. The molecule has 5 rings (SSSR count). The zero-order valence-corrected chi connectivity index (χ0v) is 19.8. The van der Waals surface area contributed by atoms with E-state index in [0.29, 0.717) is 5.11 Å². The van der Waals surface area contributed by atoms with E-state index < -0.39 is 0 Å². The third kappa shape index (κ3) is 4.06. The summed E-state index contributed by atoms with van der Waals surface area (Å²) in [7, 11) is 0. The average molecular weight is 468 g/mol. The van der Waals surface area contributed by atoms with E-state index in [0.717, 1.165) is 28.5 Å². The molecular weight excluding hydrogens is 442 g/mol. The first-order valence-electron chi connectivity index (χ1n) is 11.1. The maximum absolute atomic E-state index is 11.5. The molecule has 0 spiro atoms. The quantitative estimate of drug-likeness (QED) is 0.389. The van der Waals surface area contributed by atoms with Crippen molar-refractivity contribution in [2.45, 2.75) is 25.9 Å². The number of aryl methyl sites for hydroxylation is 1. The van der Waals surface area contributed by atoms with Crippen LogP contribution in [0.4, 0.5) is 11.4 Å². The van der Waals surface area contributed by atoms with Gasteiger partial charge >= 0.3 is 0 Å². The first kappa shape index (κ1) is 21.9. The predicted molar refractivity (Wildman–Crippen MR) is 139 cm³/mol. The minimum Gasteiger partial charge on any atom is -0.351 e. The summed E-state index contributed by atoms with van der Waals surface area (Å²) in [6, 6.07) is 26.0. The number of carbonyl (C=O) groups excluding carboxylic acids is 1. The molecule has 1 aliphatic rings. The molecule has 1 amide bonds. The number of pyridine rings is 1. The highest BCUT2D eigenvalue weighted by molar-refractivity contribution is 7.80. The van der Waals surface area contributed by atoms with Crippen LogP contribution in [0.25, 0.3) is 5.69 Å². The number of anilines is 2. The number of hydrogen-bond donors (Lipinski definition) is 2. The topological polar surface area (TPSA) is 62.2 Å². The van der Waals surface area contributed by atoms with E-state index in [9.17, 15) is 4.79 Å². The molecule has 0 radical (unpaired) electrons. The van der Waals surface area contributed by atoms with Crippen molar-refractivity contribution < 1.29 is 4.79 Å². The van der Waals surface area contributed by atoms with Crippen LogP contribution in [-0.2, 0) is 4.79 Å². The zero-order chi connectivity index (χ0) is 23.7. The van der Waals surface area contributed by atoms with Crippen molar-refractivity contribution in [2.75, 3.05) is 10.2 Å². The number of amides is 1. The Morgan fingerprint density at radius 1 is 1.00 bits per heavy atom. The van der Waals surface area contributed by atoms with Crippen LogP contribution >= 0.6 is 12.2 Å². The molecular formula is C27H25N5OS. The number of nitrogens with zero attached hydrogens (tertiary/aromatic N) is 3. The molecule has 2 atom stereocenters. The Bertz CT molecular complexity index is 1330. The molecule has 3 heterocycles. The molecule has 1 fully saturated rings. The van der Waals surface area contributed by atoms with Crippen molar-refractivity contribution in [3.63, 3.8) is 0 Å². The zero-order valence-electron chi connectivity index (χ0n) is 19.0. The van der Waals surface area contributed by atoms with Gasteiger partial charge in [-0.3, -0.25) is 9.78 Å². The first-order valence-corrected chi connectivity index (χ1v) is 11.6. The van der Waals surface area contributed by atoms with Gasteiger partial charge in [0.15, 0.2) is 5.11 Å². The lowest BCUT2D eigenvalue weighted by Gasteiger charge is -2.29. The van der Waals surface area contributed by atoms with Crippen LogP contribution in [0.5, 0.6) is 0 Å². The van der Waals surface area contributed by atoms with Gasteiger partial charge in [0.2, 0.25) is 5.91 Å². The number of thiocarbonyl (C=S) groups is 1. The molecule has 170 valence electrons. The van der Waals surface area contributed by atoms with Gasteiger partial charge in [0, 0.05) is 42.1 Å². The molecule has 2 unspecified atom stereocenters. The maximum atomic E-state index is 11.5. The highest BCUT2D eigenvalue weighted by atomic mass is 32.1. The average Bonchev–Trinajstić information content (AvgIpc) is 3.44. The molecule has 1 aliphatic heterocycles. The fourth-order valence-corrected chi connectivity index (χ4v) is 4.88. The van der Waals surface area contributed by atoms with Crippen molar-refractivity contribution in [1.82, 2.24) is 14.9 Å². The predicted octanol–water partition coefficient (Wildman–Crippen LogP) is 5.32. The highest BCUT2D eigenvalue weighted by Gasteiger charge is 2.42. The van der Waals surface area contributed by atoms with Crippen molar-refractivity contribution >= 4 is 34.6 Å². The molecule has 2 aromatic carbocycles. The van der Waals surface area contributed by atoms with Crippen LogP contribution in [0.1, 0.15) is 36.0 Å². The largest absolute Gasteiger partial charge is 0.351 e. The number of nitrogens with one attached hydrogen (secondary N) is 2. The van der Waals surface area contributed by atoms with Gasteiger partial charge in [0.05, 0.1) is 11.7 Å². The van der Waals surface area contributed by atoms with Crippen molar-refractivity contribution in [1.29, 1.82) is 0 Å². The lowest BCUT2D eigenvalue weighted by Crippen LogP contribution is -2.30. The summed E-state index contributed by atoms with van der Waals surface area (Å²) in [5.74, 6) is -0.102. The summed E-state index contributed by atoms with van der Waals surface area (Å²) in [6.07, 6.45) is 3.90. The monoisotopic (exact) mass is 467 g/mol. The smallest absolute Gasteiger partial charge is 0.221 e. The van der Waals surface area contributed by atoms with Gasteiger partial charge in [-0.15, -0.1) is 0 Å². The summed E-state index contributed by atoms with van der Waals surface area (Å²) in [4.78, 5) is 18.2. The van der Waals surface area contributed by atoms with Crippen molar-refractivity contribution in [3.05, 3.63) is 108 Å². The second kappa shape index (κ2) is 9.11. The van der Waals surface area contributed by atoms with Gasteiger partial charge in [-0.2, -0.15) is 0 Å². The van der Waals surface area contributed by atoms with Gasteiger partial charge in [-0.05, 0) is 79.3 Å². The Morgan fingerprint density at radius 3 is 2.47 bits per heavy atom. The molecule has 2 aromatic heterocycles. The Morgan fingerprint density at radius 2 is 1.76 bits per heavy atom. The highest BCUT2D eigenvalue weighted by Crippen LogP contribution is 2.42. The van der Waals surface area contributed by atoms with Crippen molar-refractivity contribution in [2.24, 2.45) is 0 Å². The van der Waals surface area contributed by atoms with E-state index in [1.54, 1.807) is 0 Å². The Balaban J connectivity index is 1.63. The minimum atomic E-state index is -0.138. The van der Waals surface area contributed by atoms with Crippen LogP contribution in [0, 0.1) is 6.92 Å². The molecule has 34 heavy (non-hydrogen) atoms. The second-order valence-electron chi connectivity index (χ2n) is 8.31. The van der Waals surface area contributed by atoms with Crippen LogP contribution < -0.4 is 15.5 Å². The fraction of sp³-hybridized carbons (Fsp3) is 0.148. The van der Waals surface area contributed by atoms with Crippen LogP contribution in [0.3, 0.4) is 0 Å². The molecule has 0 bridgehead atoms. The van der Waals surface area contributed by atoms with Crippen molar-refractivity contribution in [3.8, 4) is 5.69 Å². The number of rotatable bonds is 5. The van der Waals surface area contributed by atoms with Crippen LogP contribution in [0.15, 0.2) is 91.3 Å². The summed E-state index contributed by atoms with van der Waals surface area (Å²) in [6.45, 7) is 3.62. The van der Waals surface area contributed by atoms with Gasteiger partial charge in [-0.25, -0.2) is 0 Å². The van der Waals surface area contributed by atoms with E-state index in [1.807, 2.05) is 54.7 Å². The summed E-state index contributed by atoms with van der Waals surface area (Å²) >= 11 is 5.85. The van der Waals surface area contributed by atoms with E-state index in [1.165, 1.54) is 12.5 Å². The first-order chi connectivity index (χ1) is 16.5. The van der Waals surface area contributed by atoms with Gasteiger partial charge in [-0.1, -0.05) is 24.3 Å². The number of para-hydroxylation sites is 1. The van der Waals surface area contributed by atoms with E-state index in [2.05, 4.69) is 68.5 Å². The Kier molecular flexibility index (Phi) is 5.86. The summed E-state index contributed by atoms with van der Waals surface area (Å²) in [5.41, 5.74) is 6.02.